The maximum Gasteiger partial charge on any atom is 0.248 e. The van der Waals surface area contributed by atoms with E-state index in [2.05, 4.69) is 58.8 Å². The smallest absolute Gasteiger partial charge is 0.248 e. The highest BCUT2D eigenvalue weighted by atomic mass is 16.1. The molecule has 0 radical (unpaired) electrons. The Bertz CT molecular complexity index is 915. The van der Waals surface area contributed by atoms with Gasteiger partial charge >= 0.3 is 0 Å². The molecule has 0 unspecified atom stereocenters. The van der Waals surface area contributed by atoms with E-state index in [1.165, 1.54) is 22.3 Å². The van der Waals surface area contributed by atoms with E-state index in [1.807, 2.05) is 12.1 Å². The predicted octanol–water partition coefficient (Wildman–Crippen LogP) is 4.21. The molecule has 1 aromatic heterocycles. The van der Waals surface area contributed by atoms with Crippen molar-refractivity contribution >= 4 is 0 Å². The fraction of sp³-hybridized carbons (Fsp3) is 0.227. The largest absolute Gasteiger partial charge is 0.326 e. The van der Waals surface area contributed by atoms with Gasteiger partial charge in [-0.15, -0.1) is 0 Å². The number of nitrogens with one attached hydrogen (secondary N) is 2. The molecule has 0 amide bonds. The summed E-state index contributed by atoms with van der Waals surface area (Å²) < 4.78 is 0. The molecule has 0 aliphatic heterocycles. The van der Waals surface area contributed by atoms with E-state index < -0.39 is 0 Å². The van der Waals surface area contributed by atoms with Crippen LogP contribution in [-0.4, -0.2) is 4.98 Å². The van der Waals surface area contributed by atoms with Gasteiger partial charge in [0.15, 0.2) is 0 Å². The molecule has 0 fully saturated rings. The van der Waals surface area contributed by atoms with E-state index in [-0.39, 0.29) is 5.56 Å². The summed E-state index contributed by atoms with van der Waals surface area (Å²) in [5.74, 6) is 0. The SMILES string of the molecule is O=c1ccc2c([nH]1)CCC[C@@H]2NCc1cccc(-c2ccccc2)c1. The first kappa shape index (κ1) is 15.9. The van der Waals surface area contributed by atoms with Crippen LogP contribution in [-0.2, 0) is 13.0 Å². The second-order valence-electron chi connectivity index (χ2n) is 6.65. The van der Waals surface area contributed by atoms with Crippen molar-refractivity contribution in [1.82, 2.24) is 10.3 Å². The van der Waals surface area contributed by atoms with Gasteiger partial charge in [0.25, 0.3) is 0 Å². The van der Waals surface area contributed by atoms with Gasteiger partial charge in [-0.25, -0.2) is 0 Å². The number of hydrogen-bond donors (Lipinski definition) is 2. The Morgan fingerprint density at radius 3 is 2.68 bits per heavy atom. The van der Waals surface area contributed by atoms with Gasteiger partial charge in [0.05, 0.1) is 0 Å². The van der Waals surface area contributed by atoms with Crippen LogP contribution < -0.4 is 10.9 Å². The molecule has 0 saturated heterocycles. The normalized spacial score (nSPS) is 16.4. The summed E-state index contributed by atoms with van der Waals surface area (Å²) >= 11 is 0. The molecule has 25 heavy (non-hydrogen) atoms. The zero-order chi connectivity index (χ0) is 17.1. The molecular weight excluding hydrogens is 308 g/mol. The van der Waals surface area contributed by atoms with Gasteiger partial charge in [0, 0.05) is 24.3 Å². The zero-order valence-corrected chi connectivity index (χ0v) is 14.2. The van der Waals surface area contributed by atoms with E-state index in [9.17, 15) is 4.79 Å². The van der Waals surface area contributed by atoms with Crippen molar-refractivity contribution in [1.29, 1.82) is 0 Å². The third kappa shape index (κ3) is 3.57. The van der Waals surface area contributed by atoms with Gasteiger partial charge in [-0.2, -0.15) is 0 Å². The highest BCUT2D eigenvalue weighted by Gasteiger charge is 2.20. The monoisotopic (exact) mass is 330 g/mol. The molecule has 3 aromatic rings. The lowest BCUT2D eigenvalue weighted by Gasteiger charge is -2.26. The molecule has 126 valence electrons. The molecule has 3 heteroatoms. The van der Waals surface area contributed by atoms with Crippen molar-refractivity contribution in [2.75, 3.05) is 0 Å². The fourth-order valence-electron chi connectivity index (χ4n) is 3.64. The average molecular weight is 330 g/mol. The number of aryl methyl sites for hydroxylation is 1. The Morgan fingerprint density at radius 2 is 1.80 bits per heavy atom. The standard InChI is InChI=1S/C22H22N2O/c25-22-13-12-19-20(10-5-11-21(19)24-22)23-15-16-6-4-9-18(14-16)17-7-2-1-3-8-17/h1-4,6-9,12-14,20,23H,5,10-11,15H2,(H,24,25)/t20-/m0/s1. The lowest BCUT2D eigenvalue weighted by atomic mass is 9.91. The van der Waals surface area contributed by atoms with Gasteiger partial charge in [0.2, 0.25) is 5.56 Å². The number of H-pyrrole nitrogens is 1. The molecule has 2 N–H and O–H groups in total. The van der Waals surface area contributed by atoms with Crippen LogP contribution in [0.25, 0.3) is 11.1 Å². The molecule has 4 rings (SSSR count). The number of aromatic amines is 1. The first-order valence-corrected chi connectivity index (χ1v) is 8.89. The van der Waals surface area contributed by atoms with Crippen LogP contribution in [0.3, 0.4) is 0 Å². The minimum atomic E-state index is -0.00466. The number of aromatic nitrogens is 1. The highest BCUT2D eigenvalue weighted by molar-refractivity contribution is 5.63. The molecule has 1 aliphatic carbocycles. The van der Waals surface area contributed by atoms with Gasteiger partial charge in [-0.1, -0.05) is 54.6 Å². The second kappa shape index (κ2) is 7.08. The van der Waals surface area contributed by atoms with E-state index in [0.29, 0.717) is 6.04 Å². The molecule has 2 aromatic carbocycles. The lowest BCUT2D eigenvalue weighted by molar-refractivity contribution is 0.453. The molecule has 0 saturated carbocycles. The van der Waals surface area contributed by atoms with Crippen LogP contribution >= 0.6 is 0 Å². The Labute approximate surface area is 147 Å². The Balaban J connectivity index is 1.50. The van der Waals surface area contributed by atoms with Crippen molar-refractivity contribution in [3.05, 3.63) is 93.9 Å². The van der Waals surface area contributed by atoms with Gasteiger partial charge in [-0.3, -0.25) is 4.79 Å². The summed E-state index contributed by atoms with van der Waals surface area (Å²) in [7, 11) is 0. The van der Waals surface area contributed by atoms with Crippen molar-refractivity contribution < 1.29 is 0 Å². The molecule has 1 atom stereocenters. The van der Waals surface area contributed by atoms with Gasteiger partial charge in [0.1, 0.15) is 0 Å². The number of hydrogen-bond acceptors (Lipinski definition) is 2. The van der Waals surface area contributed by atoms with Crippen LogP contribution in [0, 0.1) is 0 Å². The van der Waals surface area contributed by atoms with Gasteiger partial charge in [-0.05, 0) is 47.6 Å². The maximum atomic E-state index is 11.5. The molecule has 1 heterocycles. The van der Waals surface area contributed by atoms with Crippen molar-refractivity contribution in [2.45, 2.75) is 31.8 Å². The lowest BCUT2D eigenvalue weighted by Crippen LogP contribution is -2.27. The van der Waals surface area contributed by atoms with E-state index in [0.717, 1.165) is 31.5 Å². The third-order valence-corrected chi connectivity index (χ3v) is 4.92. The summed E-state index contributed by atoms with van der Waals surface area (Å²) in [5, 5.41) is 3.67. The average Bonchev–Trinajstić information content (AvgIpc) is 2.67. The number of pyridine rings is 1. The Kier molecular flexibility index (Phi) is 4.49. The van der Waals surface area contributed by atoms with Crippen molar-refractivity contribution in [3.8, 4) is 11.1 Å². The molecule has 0 bridgehead atoms. The first-order chi connectivity index (χ1) is 12.3. The Morgan fingerprint density at radius 1 is 0.960 bits per heavy atom. The second-order valence-corrected chi connectivity index (χ2v) is 6.65. The first-order valence-electron chi connectivity index (χ1n) is 8.89. The number of benzene rings is 2. The van der Waals surface area contributed by atoms with Crippen LogP contribution in [0.5, 0.6) is 0 Å². The summed E-state index contributed by atoms with van der Waals surface area (Å²) in [6, 6.07) is 23.1. The molecular formula is C22H22N2O. The quantitative estimate of drug-likeness (QED) is 0.753. The van der Waals surface area contributed by atoms with Gasteiger partial charge < -0.3 is 10.3 Å². The summed E-state index contributed by atoms with van der Waals surface area (Å²) in [4.78, 5) is 14.5. The van der Waals surface area contributed by atoms with E-state index >= 15 is 0 Å². The maximum absolute atomic E-state index is 11.5. The number of fused-ring (bicyclic) bond motifs is 1. The molecule has 1 aliphatic rings. The predicted molar refractivity (Wildman–Crippen MR) is 101 cm³/mol. The van der Waals surface area contributed by atoms with E-state index in [4.69, 9.17) is 0 Å². The third-order valence-electron chi connectivity index (χ3n) is 4.92. The zero-order valence-electron chi connectivity index (χ0n) is 14.2. The Hall–Kier alpha value is -2.65. The van der Waals surface area contributed by atoms with Crippen LogP contribution in [0.1, 0.15) is 35.7 Å². The highest BCUT2D eigenvalue weighted by Crippen LogP contribution is 2.28. The van der Waals surface area contributed by atoms with Crippen molar-refractivity contribution in [2.24, 2.45) is 0 Å². The fourth-order valence-corrected chi connectivity index (χ4v) is 3.64. The van der Waals surface area contributed by atoms with Crippen molar-refractivity contribution in [3.63, 3.8) is 0 Å². The van der Waals surface area contributed by atoms with E-state index in [1.54, 1.807) is 6.07 Å². The molecule has 3 nitrogen and oxygen atoms in total. The minimum absolute atomic E-state index is 0.00466. The summed E-state index contributed by atoms with van der Waals surface area (Å²) in [6.07, 6.45) is 3.18. The topological polar surface area (TPSA) is 44.9 Å². The number of rotatable bonds is 4. The summed E-state index contributed by atoms with van der Waals surface area (Å²) in [5.41, 5.74) is 6.09. The summed E-state index contributed by atoms with van der Waals surface area (Å²) in [6.45, 7) is 0.823. The van der Waals surface area contributed by atoms with Crippen LogP contribution in [0.4, 0.5) is 0 Å². The molecule has 0 spiro atoms. The van der Waals surface area contributed by atoms with Crippen LogP contribution in [0.15, 0.2) is 71.5 Å². The van der Waals surface area contributed by atoms with Crippen LogP contribution in [0.2, 0.25) is 0 Å². The minimum Gasteiger partial charge on any atom is -0.326 e.